The van der Waals surface area contributed by atoms with Crippen LogP contribution in [0.2, 0.25) is 0 Å². The molecule has 0 saturated carbocycles. The predicted molar refractivity (Wildman–Crippen MR) is 34.8 cm³/mol. The van der Waals surface area contributed by atoms with E-state index in [2.05, 4.69) is 6.92 Å². The van der Waals surface area contributed by atoms with Crippen molar-refractivity contribution in [2.45, 2.75) is 20.0 Å². The van der Waals surface area contributed by atoms with Gasteiger partial charge in [0.05, 0.1) is 7.11 Å². The summed E-state index contributed by atoms with van der Waals surface area (Å²) in [5, 5.41) is 0. The first-order valence-corrected chi connectivity index (χ1v) is 3.16. The summed E-state index contributed by atoms with van der Waals surface area (Å²) in [6.07, 6.45) is 2.27. The van der Waals surface area contributed by atoms with E-state index in [4.69, 9.17) is 9.47 Å². The minimum Gasteiger partial charge on any atom is -0.469 e. The summed E-state index contributed by atoms with van der Waals surface area (Å²) in [6.45, 7) is 4.14. The lowest BCUT2D eigenvalue weighted by Gasteiger charge is -2.08. The van der Waals surface area contributed by atoms with E-state index in [1.54, 1.807) is 7.11 Å². The molecule has 52 valence electrons. The van der Waals surface area contributed by atoms with Gasteiger partial charge in [0.15, 0.2) is 0 Å². The van der Waals surface area contributed by atoms with E-state index in [-0.39, 0.29) is 6.10 Å². The highest BCUT2D eigenvalue weighted by Gasteiger charge is 2.21. The molecule has 0 fully saturated rings. The number of methoxy groups -OCH3 is 1. The van der Waals surface area contributed by atoms with Crippen LogP contribution >= 0.6 is 0 Å². The Bertz CT molecular complexity index is 129. The summed E-state index contributed by atoms with van der Waals surface area (Å²) in [5.74, 6) is 1.15. The number of rotatable bonds is 1. The maximum absolute atomic E-state index is 5.26. The third kappa shape index (κ3) is 1.18. The summed E-state index contributed by atoms with van der Waals surface area (Å²) in [5.41, 5.74) is 0. The molecule has 0 aromatic heterocycles. The molecular weight excluding hydrogens is 116 g/mol. The molecule has 0 aromatic rings. The second kappa shape index (κ2) is 2.29. The van der Waals surface area contributed by atoms with Crippen LogP contribution in [0.4, 0.5) is 0 Å². The molecule has 0 bridgehead atoms. The molecule has 1 aliphatic heterocycles. The molecule has 2 unspecified atom stereocenters. The van der Waals surface area contributed by atoms with Gasteiger partial charge >= 0.3 is 0 Å². The lowest BCUT2D eigenvalue weighted by molar-refractivity contribution is 0.0325. The molecule has 0 aromatic carbocycles. The Labute approximate surface area is 55.5 Å². The van der Waals surface area contributed by atoms with Gasteiger partial charge < -0.3 is 9.47 Å². The van der Waals surface area contributed by atoms with Crippen LogP contribution in [0.25, 0.3) is 0 Å². The predicted octanol–water partition coefficient (Wildman–Crippen LogP) is 1.53. The lowest BCUT2D eigenvalue weighted by Crippen LogP contribution is -2.07. The molecule has 0 saturated heterocycles. The summed E-state index contributed by atoms with van der Waals surface area (Å²) in [6, 6.07) is 0. The van der Waals surface area contributed by atoms with E-state index < -0.39 is 0 Å². The second-order valence-electron chi connectivity index (χ2n) is 2.37. The van der Waals surface area contributed by atoms with Crippen molar-refractivity contribution in [1.82, 2.24) is 0 Å². The largest absolute Gasteiger partial charge is 0.469 e. The van der Waals surface area contributed by atoms with Gasteiger partial charge in [0.25, 0.3) is 5.95 Å². The highest BCUT2D eigenvalue weighted by Crippen LogP contribution is 2.22. The van der Waals surface area contributed by atoms with Crippen molar-refractivity contribution in [2.75, 3.05) is 7.11 Å². The smallest absolute Gasteiger partial charge is 0.275 e. The van der Waals surface area contributed by atoms with Crippen molar-refractivity contribution < 1.29 is 9.47 Å². The Morgan fingerprint density at radius 3 is 2.44 bits per heavy atom. The van der Waals surface area contributed by atoms with E-state index in [1.165, 1.54) is 0 Å². The highest BCUT2D eigenvalue weighted by atomic mass is 16.7. The van der Waals surface area contributed by atoms with Crippen LogP contribution < -0.4 is 0 Å². The molecule has 1 heterocycles. The van der Waals surface area contributed by atoms with E-state index in [0.717, 1.165) is 0 Å². The van der Waals surface area contributed by atoms with Crippen molar-refractivity contribution >= 4 is 0 Å². The van der Waals surface area contributed by atoms with Crippen molar-refractivity contribution in [3.8, 4) is 0 Å². The average Bonchev–Trinajstić information content (AvgIpc) is 2.13. The van der Waals surface area contributed by atoms with Crippen molar-refractivity contribution in [1.29, 1.82) is 0 Å². The van der Waals surface area contributed by atoms with Crippen LogP contribution in [-0.2, 0) is 9.47 Å². The Morgan fingerprint density at radius 2 is 2.22 bits per heavy atom. The molecule has 2 atom stereocenters. The molecule has 2 nitrogen and oxygen atoms in total. The Kier molecular flexibility index (Phi) is 1.65. The van der Waals surface area contributed by atoms with Gasteiger partial charge in [0, 0.05) is 12.0 Å². The molecule has 2 heteroatoms. The van der Waals surface area contributed by atoms with E-state index >= 15 is 0 Å². The van der Waals surface area contributed by atoms with Gasteiger partial charge in [0.1, 0.15) is 6.10 Å². The molecule has 9 heavy (non-hydrogen) atoms. The second-order valence-corrected chi connectivity index (χ2v) is 2.37. The van der Waals surface area contributed by atoms with Gasteiger partial charge in [-0.05, 0) is 6.92 Å². The van der Waals surface area contributed by atoms with Gasteiger partial charge in [-0.25, -0.2) is 0 Å². The lowest BCUT2D eigenvalue weighted by atomic mass is 10.1. The summed E-state index contributed by atoms with van der Waals surface area (Å²) < 4.78 is 10.2. The quantitative estimate of drug-likeness (QED) is 0.533. The normalized spacial score (nSPS) is 33.4. The molecule has 0 amide bonds. The van der Waals surface area contributed by atoms with Crippen molar-refractivity contribution in [2.24, 2.45) is 5.92 Å². The summed E-state index contributed by atoms with van der Waals surface area (Å²) >= 11 is 0. The van der Waals surface area contributed by atoms with Gasteiger partial charge in [-0.1, -0.05) is 6.92 Å². The molecule has 0 radical (unpaired) electrons. The van der Waals surface area contributed by atoms with Crippen LogP contribution in [0.1, 0.15) is 13.8 Å². The fraction of sp³-hybridized carbons (Fsp3) is 0.714. The summed E-state index contributed by atoms with van der Waals surface area (Å²) in [7, 11) is 1.62. The average molecular weight is 128 g/mol. The van der Waals surface area contributed by atoms with Gasteiger partial charge in [-0.3, -0.25) is 0 Å². The zero-order valence-electron chi connectivity index (χ0n) is 6.05. The first-order valence-electron chi connectivity index (χ1n) is 3.16. The maximum Gasteiger partial charge on any atom is 0.275 e. The monoisotopic (exact) mass is 128 g/mol. The maximum atomic E-state index is 5.26. The zero-order chi connectivity index (χ0) is 6.85. The molecular formula is C7H12O2. The van der Waals surface area contributed by atoms with E-state index in [1.807, 2.05) is 13.0 Å². The minimum atomic E-state index is 0.278. The highest BCUT2D eigenvalue weighted by molar-refractivity contribution is 4.97. The van der Waals surface area contributed by atoms with E-state index in [9.17, 15) is 0 Å². The Morgan fingerprint density at radius 1 is 1.56 bits per heavy atom. The van der Waals surface area contributed by atoms with Crippen LogP contribution in [0.3, 0.4) is 0 Å². The summed E-state index contributed by atoms with van der Waals surface area (Å²) in [4.78, 5) is 0. The molecule has 1 aliphatic rings. The van der Waals surface area contributed by atoms with Crippen LogP contribution in [0.5, 0.6) is 0 Å². The minimum absolute atomic E-state index is 0.278. The van der Waals surface area contributed by atoms with E-state index in [0.29, 0.717) is 11.9 Å². The fourth-order valence-electron chi connectivity index (χ4n) is 0.796. The SMILES string of the molecule is COC1=CC(C)C(C)O1. The Hall–Kier alpha value is -0.660. The van der Waals surface area contributed by atoms with Crippen LogP contribution in [-0.4, -0.2) is 13.2 Å². The molecule has 0 N–H and O–H groups in total. The first kappa shape index (κ1) is 6.46. The fourth-order valence-corrected chi connectivity index (χ4v) is 0.796. The Balaban J connectivity index is 2.52. The van der Waals surface area contributed by atoms with Crippen LogP contribution in [0.15, 0.2) is 12.0 Å². The zero-order valence-corrected chi connectivity index (χ0v) is 6.05. The van der Waals surface area contributed by atoms with Crippen molar-refractivity contribution in [3.63, 3.8) is 0 Å². The standard InChI is InChI=1S/C7H12O2/c1-5-4-7(8-3)9-6(5)2/h4-6H,1-3H3. The van der Waals surface area contributed by atoms with Crippen LogP contribution in [0, 0.1) is 5.92 Å². The number of hydrogen-bond acceptors (Lipinski definition) is 2. The molecule has 1 rings (SSSR count). The number of hydrogen-bond donors (Lipinski definition) is 0. The third-order valence-corrected chi connectivity index (χ3v) is 1.64. The molecule has 0 spiro atoms. The van der Waals surface area contributed by atoms with Gasteiger partial charge in [-0.2, -0.15) is 0 Å². The first-order chi connectivity index (χ1) is 4.24. The van der Waals surface area contributed by atoms with Crippen molar-refractivity contribution in [3.05, 3.63) is 12.0 Å². The third-order valence-electron chi connectivity index (χ3n) is 1.64. The van der Waals surface area contributed by atoms with Gasteiger partial charge in [0.2, 0.25) is 0 Å². The number of ether oxygens (including phenoxy) is 2. The van der Waals surface area contributed by atoms with Gasteiger partial charge in [-0.15, -0.1) is 0 Å². The molecule has 0 aliphatic carbocycles. The topological polar surface area (TPSA) is 18.5 Å².